The fraction of sp³-hybridized carbons (Fsp3) is 0.567. The number of nitrogens with one attached hydrogen (secondary N) is 3. The Kier molecular flexibility index (Phi) is 10.5. The molecule has 1 fully saturated rings. The zero-order valence-corrected chi connectivity index (χ0v) is 24.3. The molecule has 1 aromatic carbocycles. The van der Waals surface area contributed by atoms with Gasteiger partial charge in [-0.15, -0.1) is 0 Å². The number of benzene rings is 1. The number of likely N-dealkylation sites (tertiary alicyclic amines) is 1. The predicted octanol–water partition coefficient (Wildman–Crippen LogP) is 3.83. The van der Waals surface area contributed by atoms with E-state index in [1.165, 1.54) is 11.8 Å². The summed E-state index contributed by atoms with van der Waals surface area (Å²) < 4.78 is 5.65. The number of fused-ring (bicyclic) bond motifs is 1. The maximum Gasteiger partial charge on any atom is 0.318 e. The first kappa shape index (κ1) is 30.8. The number of para-hydroxylation sites is 1. The third kappa shape index (κ3) is 8.16. The van der Waals surface area contributed by atoms with Crippen molar-refractivity contribution in [3.63, 3.8) is 0 Å². The molecule has 3 rings (SSSR count). The molecule has 2 heterocycles. The summed E-state index contributed by atoms with van der Waals surface area (Å²) in [5, 5.41) is 9.14. The maximum atomic E-state index is 13.3. The molecule has 10 nitrogen and oxygen atoms in total. The number of hydrogen-bond donors (Lipinski definition) is 3. The van der Waals surface area contributed by atoms with Crippen molar-refractivity contribution in [3.8, 4) is 0 Å². The van der Waals surface area contributed by atoms with Crippen LogP contribution in [0, 0.1) is 11.8 Å². The number of Topliss-reactive ketones (excluding diaryl/α,β-unsaturated/α-hetero) is 2. The van der Waals surface area contributed by atoms with Gasteiger partial charge in [-0.3, -0.25) is 19.2 Å². The van der Waals surface area contributed by atoms with Crippen LogP contribution in [0.25, 0.3) is 11.0 Å². The average Bonchev–Trinajstić information content (AvgIpc) is 3.26. The van der Waals surface area contributed by atoms with E-state index in [0.29, 0.717) is 31.3 Å². The van der Waals surface area contributed by atoms with Gasteiger partial charge < -0.3 is 25.3 Å². The lowest BCUT2D eigenvalue weighted by atomic mass is 10.0. The van der Waals surface area contributed by atoms with Crippen LogP contribution >= 0.6 is 0 Å². The molecule has 0 bridgehead atoms. The number of urea groups is 1. The maximum absolute atomic E-state index is 13.3. The van der Waals surface area contributed by atoms with Gasteiger partial charge in [0, 0.05) is 11.4 Å². The number of hydrogen-bond acceptors (Lipinski definition) is 6. The Bertz CT molecular complexity index is 1200. The molecule has 1 aromatic heterocycles. The summed E-state index contributed by atoms with van der Waals surface area (Å²) in [5.74, 6) is -1.01. The van der Waals surface area contributed by atoms with Gasteiger partial charge in [-0.1, -0.05) is 45.9 Å². The zero-order valence-electron chi connectivity index (χ0n) is 24.3. The number of ketones is 2. The van der Waals surface area contributed by atoms with Gasteiger partial charge in [-0.25, -0.2) is 4.79 Å². The molecular formula is C30H42N4O6. The van der Waals surface area contributed by atoms with E-state index in [-0.39, 0.29) is 41.7 Å². The van der Waals surface area contributed by atoms with Crippen molar-refractivity contribution >= 4 is 40.4 Å². The molecule has 4 atom stereocenters. The molecule has 218 valence electrons. The topological polar surface area (TPSA) is 138 Å². The van der Waals surface area contributed by atoms with E-state index in [2.05, 4.69) is 16.0 Å². The van der Waals surface area contributed by atoms with Gasteiger partial charge in [0.2, 0.25) is 5.91 Å². The smallest absolute Gasteiger partial charge is 0.318 e. The molecule has 1 aliphatic rings. The van der Waals surface area contributed by atoms with Crippen molar-refractivity contribution in [3.05, 3.63) is 36.1 Å². The molecule has 4 amide bonds. The summed E-state index contributed by atoms with van der Waals surface area (Å²) in [4.78, 5) is 66.0. The van der Waals surface area contributed by atoms with Crippen LogP contribution in [0.3, 0.4) is 0 Å². The van der Waals surface area contributed by atoms with Gasteiger partial charge in [-0.05, 0) is 63.5 Å². The monoisotopic (exact) mass is 554 g/mol. The fourth-order valence-corrected chi connectivity index (χ4v) is 4.91. The second-order valence-corrected chi connectivity index (χ2v) is 11.6. The molecule has 2 aromatic rings. The molecule has 0 aliphatic carbocycles. The second-order valence-electron chi connectivity index (χ2n) is 11.6. The molecule has 40 heavy (non-hydrogen) atoms. The number of carbonyl (C=O) groups is 5. The molecule has 3 N–H and O–H groups in total. The van der Waals surface area contributed by atoms with Crippen LogP contribution < -0.4 is 16.0 Å². The Labute approximate surface area is 235 Å². The number of carbonyl (C=O) groups excluding carboxylic acids is 5. The molecule has 0 spiro atoms. The van der Waals surface area contributed by atoms with Gasteiger partial charge in [-0.2, -0.15) is 0 Å². The summed E-state index contributed by atoms with van der Waals surface area (Å²) in [6, 6.07) is 5.84. The summed E-state index contributed by atoms with van der Waals surface area (Å²) in [5.41, 5.74) is 0.572. The van der Waals surface area contributed by atoms with E-state index >= 15 is 0 Å². The van der Waals surface area contributed by atoms with Crippen LogP contribution in [-0.4, -0.2) is 65.0 Å². The third-order valence-electron chi connectivity index (χ3n) is 7.17. The van der Waals surface area contributed by atoms with Gasteiger partial charge in [0.15, 0.2) is 17.3 Å². The molecular weight excluding hydrogens is 512 g/mol. The molecule has 10 heteroatoms. The minimum absolute atomic E-state index is 0.0934. The van der Waals surface area contributed by atoms with E-state index in [9.17, 15) is 24.0 Å². The Morgan fingerprint density at radius 2 is 1.62 bits per heavy atom. The van der Waals surface area contributed by atoms with E-state index < -0.39 is 36.0 Å². The third-order valence-corrected chi connectivity index (χ3v) is 7.17. The van der Waals surface area contributed by atoms with Crippen molar-refractivity contribution in [1.29, 1.82) is 0 Å². The molecule has 0 radical (unpaired) electrons. The summed E-state index contributed by atoms with van der Waals surface area (Å²) in [7, 11) is 0. The van der Waals surface area contributed by atoms with Crippen molar-refractivity contribution < 1.29 is 28.4 Å². The molecule has 1 saturated heterocycles. The first-order valence-electron chi connectivity index (χ1n) is 14.1. The van der Waals surface area contributed by atoms with Crippen molar-refractivity contribution in [1.82, 2.24) is 20.9 Å². The Morgan fingerprint density at radius 1 is 0.975 bits per heavy atom. The van der Waals surface area contributed by atoms with E-state index in [4.69, 9.17) is 4.42 Å². The van der Waals surface area contributed by atoms with Crippen LogP contribution in [0.5, 0.6) is 0 Å². The lowest BCUT2D eigenvalue weighted by molar-refractivity contribution is -0.129. The van der Waals surface area contributed by atoms with Gasteiger partial charge in [0.25, 0.3) is 5.91 Å². The zero-order chi connectivity index (χ0) is 29.6. The minimum atomic E-state index is -0.874. The van der Waals surface area contributed by atoms with Crippen molar-refractivity contribution in [2.24, 2.45) is 11.8 Å². The van der Waals surface area contributed by atoms with Crippen LogP contribution in [0.15, 0.2) is 34.7 Å². The standard InChI is InChI=1S/C30H42N4O6/c1-17(2)13-23(20(6)35)33-30(39)34-16-25(36)22(12-11-19(34)5)31-28(37)24(14-18(3)4)32-29(38)27-15-21-9-7-8-10-26(21)40-27/h7-10,15,17-19,22-24H,11-14,16H2,1-6H3,(H,31,37)(H,32,38)(H,33,39). The quantitative estimate of drug-likeness (QED) is 0.408. The SMILES string of the molecule is CC(=O)C(CC(C)C)NC(=O)N1CC(=O)C(NC(=O)C(CC(C)C)NC(=O)c2cc3ccccc3o2)CCC1C. The number of furan rings is 1. The Balaban J connectivity index is 1.67. The fourth-order valence-electron chi connectivity index (χ4n) is 4.91. The van der Waals surface area contributed by atoms with E-state index in [1.807, 2.05) is 52.8 Å². The lowest BCUT2D eigenvalue weighted by Crippen LogP contribution is -2.54. The normalized spacial score (nSPS) is 19.3. The highest BCUT2D eigenvalue weighted by molar-refractivity contribution is 6.00. The highest BCUT2D eigenvalue weighted by atomic mass is 16.3. The Hall–Kier alpha value is -3.69. The predicted molar refractivity (Wildman–Crippen MR) is 152 cm³/mol. The van der Waals surface area contributed by atoms with Gasteiger partial charge >= 0.3 is 6.03 Å². The second kappa shape index (κ2) is 13.6. The average molecular weight is 555 g/mol. The number of rotatable bonds is 10. The number of amides is 4. The van der Waals surface area contributed by atoms with E-state index in [0.717, 1.165) is 5.39 Å². The van der Waals surface area contributed by atoms with Crippen LogP contribution in [0.2, 0.25) is 0 Å². The number of nitrogens with zero attached hydrogens (tertiary/aromatic N) is 1. The summed E-state index contributed by atoms with van der Waals surface area (Å²) in [6.45, 7) is 10.9. The van der Waals surface area contributed by atoms with Crippen LogP contribution in [0.1, 0.15) is 77.8 Å². The van der Waals surface area contributed by atoms with Crippen LogP contribution in [0.4, 0.5) is 4.79 Å². The van der Waals surface area contributed by atoms with Crippen LogP contribution in [-0.2, 0) is 14.4 Å². The molecule has 1 aliphatic heterocycles. The largest absolute Gasteiger partial charge is 0.451 e. The van der Waals surface area contributed by atoms with Crippen molar-refractivity contribution in [2.75, 3.05) is 6.54 Å². The highest BCUT2D eigenvalue weighted by Gasteiger charge is 2.35. The highest BCUT2D eigenvalue weighted by Crippen LogP contribution is 2.20. The Morgan fingerprint density at radius 3 is 2.25 bits per heavy atom. The molecule has 0 saturated carbocycles. The summed E-state index contributed by atoms with van der Waals surface area (Å²) in [6.07, 6.45) is 1.71. The van der Waals surface area contributed by atoms with E-state index in [1.54, 1.807) is 12.1 Å². The first-order valence-corrected chi connectivity index (χ1v) is 14.1. The van der Waals surface area contributed by atoms with Crippen molar-refractivity contribution in [2.45, 2.75) is 91.4 Å². The molecule has 4 unspecified atom stereocenters. The van der Waals surface area contributed by atoms with Gasteiger partial charge in [0.05, 0.1) is 18.6 Å². The minimum Gasteiger partial charge on any atom is -0.451 e. The summed E-state index contributed by atoms with van der Waals surface area (Å²) >= 11 is 0. The first-order chi connectivity index (χ1) is 18.8. The van der Waals surface area contributed by atoms with Gasteiger partial charge in [0.1, 0.15) is 11.6 Å². The lowest BCUT2D eigenvalue weighted by Gasteiger charge is -2.29.